The van der Waals surface area contributed by atoms with Crippen molar-refractivity contribution in [2.75, 3.05) is 11.5 Å². The second kappa shape index (κ2) is 4.15. The van der Waals surface area contributed by atoms with E-state index in [1.165, 1.54) is 5.56 Å². The fraction of sp³-hybridized carbons (Fsp3) is 0.462. The first-order valence-corrected chi connectivity index (χ1v) is 7.44. The SMILES string of the molecule is Cc1ccc(CC2(C#N)CCS(=O)(=O)C2)cc1. The maximum Gasteiger partial charge on any atom is 0.151 e. The van der Waals surface area contributed by atoms with E-state index in [2.05, 4.69) is 6.07 Å². The Kier molecular flexibility index (Phi) is 2.96. The molecular formula is C13H15NO2S. The fourth-order valence-corrected chi connectivity index (χ4v) is 4.28. The number of aryl methyl sites for hydroxylation is 1. The Balaban J connectivity index is 2.22. The molecule has 0 aliphatic carbocycles. The zero-order chi connectivity index (χ0) is 12.5. The van der Waals surface area contributed by atoms with Crippen LogP contribution in [-0.4, -0.2) is 19.9 Å². The summed E-state index contributed by atoms with van der Waals surface area (Å²) in [5, 5.41) is 9.25. The highest BCUT2D eigenvalue weighted by atomic mass is 32.2. The number of nitrogens with zero attached hydrogens (tertiary/aromatic N) is 1. The molecule has 1 aromatic carbocycles. The van der Waals surface area contributed by atoms with Gasteiger partial charge in [0, 0.05) is 0 Å². The highest BCUT2D eigenvalue weighted by Gasteiger charge is 2.42. The monoisotopic (exact) mass is 249 g/mol. The number of hydrogen-bond acceptors (Lipinski definition) is 3. The van der Waals surface area contributed by atoms with Crippen LogP contribution in [0.1, 0.15) is 17.5 Å². The number of nitriles is 1. The molecule has 90 valence electrons. The summed E-state index contributed by atoms with van der Waals surface area (Å²) in [7, 11) is -3.02. The highest BCUT2D eigenvalue weighted by molar-refractivity contribution is 7.91. The van der Waals surface area contributed by atoms with Gasteiger partial charge in [0.2, 0.25) is 0 Å². The largest absolute Gasteiger partial charge is 0.229 e. The third-order valence-corrected chi connectivity index (χ3v) is 5.11. The molecule has 1 aliphatic heterocycles. The average molecular weight is 249 g/mol. The molecule has 0 bridgehead atoms. The van der Waals surface area contributed by atoms with Crippen LogP contribution in [0.5, 0.6) is 0 Å². The minimum absolute atomic E-state index is 0.00434. The van der Waals surface area contributed by atoms with Gasteiger partial charge in [-0.15, -0.1) is 0 Å². The second-order valence-corrected chi connectivity index (χ2v) is 7.08. The number of sulfone groups is 1. The van der Waals surface area contributed by atoms with Crippen LogP contribution in [0.15, 0.2) is 24.3 Å². The smallest absolute Gasteiger partial charge is 0.151 e. The molecule has 17 heavy (non-hydrogen) atoms. The van der Waals surface area contributed by atoms with E-state index in [0.717, 1.165) is 5.56 Å². The Morgan fingerprint density at radius 1 is 1.35 bits per heavy atom. The van der Waals surface area contributed by atoms with Crippen LogP contribution in [0.2, 0.25) is 0 Å². The molecular weight excluding hydrogens is 234 g/mol. The molecule has 0 saturated carbocycles. The van der Waals surface area contributed by atoms with Crippen molar-refractivity contribution in [3.63, 3.8) is 0 Å². The molecule has 0 radical (unpaired) electrons. The van der Waals surface area contributed by atoms with Crippen LogP contribution in [0.4, 0.5) is 0 Å². The van der Waals surface area contributed by atoms with Gasteiger partial charge in [0.15, 0.2) is 9.84 Å². The molecule has 0 N–H and O–H groups in total. The van der Waals surface area contributed by atoms with Crippen molar-refractivity contribution < 1.29 is 8.42 Å². The molecule has 0 amide bonds. The Bertz CT molecular complexity index is 554. The summed E-state index contributed by atoms with van der Waals surface area (Å²) in [6.45, 7) is 2.00. The minimum atomic E-state index is -3.02. The van der Waals surface area contributed by atoms with Gasteiger partial charge < -0.3 is 0 Å². The van der Waals surface area contributed by atoms with Crippen LogP contribution < -0.4 is 0 Å². The topological polar surface area (TPSA) is 57.9 Å². The van der Waals surface area contributed by atoms with Gasteiger partial charge in [-0.25, -0.2) is 8.42 Å². The molecule has 0 aromatic heterocycles. The van der Waals surface area contributed by atoms with E-state index in [1.807, 2.05) is 31.2 Å². The third-order valence-electron chi connectivity index (χ3n) is 3.29. The predicted octanol–water partition coefficient (Wildman–Crippen LogP) is 1.87. The van der Waals surface area contributed by atoms with Gasteiger partial charge in [-0.05, 0) is 25.3 Å². The number of rotatable bonds is 2. The lowest BCUT2D eigenvalue weighted by atomic mass is 9.82. The molecule has 1 aliphatic rings. The first kappa shape index (κ1) is 12.1. The fourth-order valence-electron chi connectivity index (χ4n) is 2.28. The highest BCUT2D eigenvalue weighted by Crippen LogP contribution is 2.35. The van der Waals surface area contributed by atoms with Gasteiger partial charge in [-0.3, -0.25) is 0 Å². The summed E-state index contributed by atoms with van der Waals surface area (Å²) < 4.78 is 23.0. The van der Waals surface area contributed by atoms with E-state index in [9.17, 15) is 13.7 Å². The van der Waals surface area contributed by atoms with E-state index < -0.39 is 15.3 Å². The summed E-state index contributed by atoms with van der Waals surface area (Å²) in [4.78, 5) is 0. The summed E-state index contributed by atoms with van der Waals surface area (Å²) in [6, 6.07) is 10.1. The lowest BCUT2D eigenvalue weighted by Gasteiger charge is -2.18. The van der Waals surface area contributed by atoms with Crippen LogP contribution >= 0.6 is 0 Å². The summed E-state index contributed by atoms with van der Waals surface area (Å²) in [6.07, 6.45) is 0.989. The summed E-state index contributed by atoms with van der Waals surface area (Å²) in [5.74, 6) is 0.150. The predicted molar refractivity (Wildman–Crippen MR) is 66.2 cm³/mol. The van der Waals surface area contributed by atoms with Crippen LogP contribution in [0, 0.1) is 23.7 Å². The van der Waals surface area contributed by atoms with Crippen LogP contribution in [0.25, 0.3) is 0 Å². The molecule has 1 atom stereocenters. The van der Waals surface area contributed by atoms with Crippen molar-refractivity contribution in [1.82, 2.24) is 0 Å². The van der Waals surface area contributed by atoms with E-state index in [4.69, 9.17) is 0 Å². The standard InChI is InChI=1S/C13H15NO2S/c1-11-2-4-12(5-3-11)8-13(9-14)6-7-17(15,16)10-13/h2-5H,6-8,10H2,1H3. The van der Waals surface area contributed by atoms with Crippen molar-refractivity contribution in [2.45, 2.75) is 19.8 Å². The van der Waals surface area contributed by atoms with Crippen molar-refractivity contribution in [3.8, 4) is 6.07 Å². The van der Waals surface area contributed by atoms with Crippen molar-refractivity contribution in [3.05, 3.63) is 35.4 Å². The van der Waals surface area contributed by atoms with Gasteiger partial charge in [0.25, 0.3) is 0 Å². The van der Waals surface area contributed by atoms with Crippen molar-refractivity contribution >= 4 is 9.84 Å². The first-order valence-electron chi connectivity index (χ1n) is 5.62. The van der Waals surface area contributed by atoms with Gasteiger partial charge in [0.05, 0.1) is 23.0 Å². The lowest BCUT2D eigenvalue weighted by Crippen LogP contribution is -2.23. The van der Waals surface area contributed by atoms with Gasteiger partial charge in [-0.1, -0.05) is 29.8 Å². The van der Waals surface area contributed by atoms with E-state index >= 15 is 0 Å². The normalized spacial score (nSPS) is 26.6. The molecule has 1 fully saturated rings. The van der Waals surface area contributed by atoms with Crippen molar-refractivity contribution in [2.24, 2.45) is 5.41 Å². The Hall–Kier alpha value is -1.34. The molecule has 1 saturated heterocycles. The van der Waals surface area contributed by atoms with Crippen molar-refractivity contribution in [1.29, 1.82) is 5.26 Å². The van der Waals surface area contributed by atoms with Gasteiger partial charge in [0.1, 0.15) is 0 Å². The second-order valence-electron chi connectivity index (χ2n) is 4.90. The van der Waals surface area contributed by atoms with Gasteiger partial charge >= 0.3 is 0 Å². The Labute approximate surface area is 102 Å². The average Bonchev–Trinajstić information content (AvgIpc) is 2.59. The maximum atomic E-state index is 11.5. The molecule has 4 heteroatoms. The van der Waals surface area contributed by atoms with E-state index in [-0.39, 0.29) is 11.5 Å². The first-order chi connectivity index (χ1) is 7.95. The Morgan fingerprint density at radius 2 is 2.00 bits per heavy atom. The zero-order valence-corrected chi connectivity index (χ0v) is 10.6. The number of hydrogen-bond donors (Lipinski definition) is 0. The molecule has 1 aromatic rings. The summed E-state index contributed by atoms with van der Waals surface area (Å²) in [5.41, 5.74) is 1.49. The van der Waals surface area contributed by atoms with E-state index in [0.29, 0.717) is 12.8 Å². The summed E-state index contributed by atoms with van der Waals surface area (Å²) >= 11 is 0. The Morgan fingerprint density at radius 3 is 2.47 bits per heavy atom. The van der Waals surface area contributed by atoms with E-state index in [1.54, 1.807) is 0 Å². The lowest BCUT2D eigenvalue weighted by molar-refractivity contribution is 0.451. The minimum Gasteiger partial charge on any atom is -0.229 e. The maximum absolute atomic E-state index is 11.5. The van der Waals surface area contributed by atoms with Crippen LogP contribution in [-0.2, 0) is 16.3 Å². The molecule has 1 unspecified atom stereocenters. The van der Waals surface area contributed by atoms with Gasteiger partial charge in [-0.2, -0.15) is 5.26 Å². The molecule has 1 heterocycles. The zero-order valence-electron chi connectivity index (χ0n) is 9.81. The third kappa shape index (κ3) is 2.67. The number of benzene rings is 1. The molecule has 0 spiro atoms. The molecule has 2 rings (SSSR count). The molecule has 3 nitrogen and oxygen atoms in total. The van der Waals surface area contributed by atoms with Crippen LogP contribution in [0.3, 0.4) is 0 Å². The quantitative estimate of drug-likeness (QED) is 0.804.